The van der Waals surface area contributed by atoms with E-state index in [1.807, 2.05) is 55.5 Å². The lowest BCUT2D eigenvalue weighted by atomic mass is 10.1. The molecule has 1 N–H and O–H groups in total. The van der Waals surface area contributed by atoms with Crippen LogP contribution in [0.1, 0.15) is 18.1 Å². The van der Waals surface area contributed by atoms with Gasteiger partial charge >= 0.3 is 0 Å². The molecule has 0 unspecified atom stereocenters. The molecule has 0 aromatic heterocycles. The fourth-order valence-corrected chi connectivity index (χ4v) is 2.92. The zero-order chi connectivity index (χ0) is 17.5. The molecule has 5 heteroatoms. The highest BCUT2D eigenvalue weighted by Gasteiger charge is 2.13. The highest BCUT2D eigenvalue weighted by molar-refractivity contribution is 9.10. The fraction of sp³-hybridized carbons (Fsp3) is 0.263. The van der Waals surface area contributed by atoms with Gasteiger partial charge in [-0.15, -0.1) is 0 Å². The number of hydrogen-bond acceptors (Lipinski definition) is 2. The first-order chi connectivity index (χ1) is 11.5. The van der Waals surface area contributed by atoms with Crippen LogP contribution in [0.3, 0.4) is 0 Å². The second-order valence-corrected chi connectivity index (χ2v) is 6.43. The molecule has 126 valence electrons. The number of nitrogens with one attached hydrogen (secondary N) is 1. The van der Waals surface area contributed by atoms with Gasteiger partial charge in [-0.2, -0.15) is 0 Å². The highest BCUT2D eigenvalue weighted by atomic mass is 79.9. The summed E-state index contributed by atoms with van der Waals surface area (Å²) in [4.78, 5) is 25.7. The van der Waals surface area contributed by atoms with Gasteiger partial charge in [-0.1, -0.05) is 52.3 Å². The summed E-state index contributed by atoms with van der Waals surface area (Å²) in [7, 11) is 0. The molecule has 0 aliphatic rings. The van der Waals surface area contributed by atoms with Crippen molar-refractivity contribution in [1.29, 1.82) is 0 Å². The number of para-hydroxylation sites is 1. The SMILES string of the molecule is CC(=O)N(CCNC(=O)Cc1ccccc1Br)c1ccccc1C. The molecule has 0 saturated carbocycles. The smallest absolute Gasteiger partial charge is 0.224 e. The molecule has 2 aromatic rings. The van der Waals surface area contributed by atoms with Crippen LogP contribution in [0.5, 0.6) is 0 Å². The van der Waals surface area contributed by atoms with Gasteiger partial charge in [0, 0.05) is 30.2 Å². The van der Waals surface area contributed by atoms with E-state index < -0.39 is 0 Å². The van der Waals surface area contributed by atoms with Crippen molar-refractivity contribution >= 4 is 33.4 Å². The maximum Gasteiger partial charge on any atom is 0.224 e. The van der Waals surface area contributed by atoms with Crippen LogP contribution in [0.25, 0.3) is 0 Å². The number of amides is 2. The minimum atomic E-state index is -0.0600. The van der Waals surface area contributed by atoms with Gasteiger partial charge in [0.1, 0.15) is 0 Å². The molecule has 0 saturated heterocycles. The summed E-state index contributed by atoms with van der Waals surface area (Å²) in [6.07, 6.45) is 0.311. The zero-order valence-electron chi connectivity index (χ0n) is 13.9. The molecule has 4 nitrogen and oxygen atoms in total. The van der Waals surface area contributed by atoms with Crippen LogP contribution >= 0.6 is 15.9 Å². The first-order valence-electron chi connectivity index (χ1n) is 7.83. The Bertz CT molecular complexity index is 731. The summed E-state index contributed by atoms with van der Waals surface area (Å²) in [6.45, 7) is 4.37. The zero-order valence-corrected chi connectivity index (χ0v) is 15.5. The standard InChI is InChI=1S/C19H21BrN2O2/c1-14-7-3-6-10-18(14)22(15(2)23)12-11-21-19(24)13-16-8-4-5-9-17(16)20/h3-10H,11-13H2,1-2H3,(H,21,24). The Hall–Kier alpha value is -2.14. The third kappa shape index (κ3) is 4.93. The van der Waals surface area contributed by atoms with Crippen molar-refractivity contribution in [1.82, 2.24) is 5.32 Å². The largest absolute Gasteiger partial charge is 0.354 e. The van der Waals surface area contributed by atoms with E-state index in [2.05, 4.69) is 21.2 Å². The van der Waals surface area contributed by atoms with Crippen molar-refractivity contribution in [2.24, 2.45) is 0 Å². The Morgan fingerprint density at radius 1 is 1.08 bits per heavy atom. The number of aryl methyl sites for hydroxylation is 1. The highest BCUT2D eigenvalue weighted by Crippen LogP contribution is 2.19. The van der Waals surface area contributed by atoms with Crippen LogP contribution in [0.2, 0.25) is 0 Å². The maximum absolute atomic E-state index is 12.1. The first-order valence-corrected chi connectivity index (χ1v) is 8.62. The third-order valence-electron chi connectivity index (χ3n) is 3.75. The lowest BCUT2D eigenvalue weighted by Crippen LogP contribution is -2.38. The van der Waals surface area contributed by atoms with Crippen molar-refractivity contribution in [3.63, 3.8) is 0 Å². The van der Waals surface area contributed by atoms with Crippen molar-refractivity contribution in [2.75, 3.05) is 18.0 Å². The van der Waals surface area contributed by atoms with E-state index in [0.717, 1.165) is 21.3 Å². The molecule has 0 heterocycles. The Kier molecular flexibility index (Phi) is 6.55. The third-order valence-corrected chi connectivity index (χ3v) is 4.53. The molecule has 0 bridgehead atoms. The van der Waals surface area contributed by atoms with E-state index in [1.165, 1.54) is 6.92 Å². The summed E-state index contributed by atoms with van der Waals surface area (Å²) >= 11 is 3.44. The summed E-state index contributed by atoms with van der Waals surface area (Å²) in [5.41, 5.74) is 2.86. The number of nitrogens with zero attached hydrogens (tertiary/aromatic N) is 1. The Balaban J connectivity index is 1.92. The summed E-state index contributed by atoms with van der Waals surface area (Å²) in [5.74, 6) is -0.0976. The fourth-order valence-electron chi connectivity index (χ4n) is 2.50. The Morgan fingerprint density at radius 3 is 2.42 bits per heavy atom. The summed E-state index contributed by atoms with van der Waals surface area (Å²) in [6, 6.07) is 15.4. The van der Waals surface area contributed by atoms with E-state index in [0.29, 0.717) is 19.5 Å². The van der Waals surface area contributed by atoms with Crippen molar-refractivity contribution < 1.29 is 9.59 Å². The molecule has 0 fully saturated rings. The van der Waals surface area contributed by atoms with E-state index in [-0.39, 0.29) is 11.8 Å². The van der Waals surface area contributed by atoms with Gasteiger partial charge < -0.3 is 10.2 Å². The lowest BCUT2D eigenvalue weighted by Gasteiger charge is -2.23. The quantitative estimate of drug-likeness (QED) is 0.823. The summed E-state index contributed by atoms with van der Waals surface area (Å²) < 4.78 is 0.922. The van der Waals surface area contributed by atoms with Crippen LogP contribution in [0.15, 0.2) is 53.0 Å². The number of benzene rings is 2. The van der Waals surface area contributed by atoms with Gasteiger partial charge in [0.05, 0.1) is 6.42 Å². The van der Waals surface area contributed by atoms with Crippen LogP contribution in [-0.4, -0.2) is 24.9 Å². The predicted molar refractivity (Wildman–Crippen MR) is 100 cm³/mol. The molecule has 0 radical (unpaired) electrons. The lowest BCUT2D eigenvalue weighted by molar-refractivity contribution is -0.121. The Labute approximate surface area is 151 Å². The normalized spacial score (nSPS) is 10.3. The van der Waals surface area contributed by atoms with Gasteiger partial charge in [0.2, 0.25) is 11.8 Å². The molecule has 24 heavy (non-hydrogen) atoms. The number of carbonyl (C=O) groups is 2. The second-order valence-electron chi connectivity index (χ2n) is 5.58. The molecule has 2 rings (SSSR count). The number of halogens is 1. The topological polar surface area (TPSA) is 49.4 Å². The second kappa shape index (κ2) is 8.64. The Morgan fingerprint density at radius 2 is 1.75 bits per heavy atom. The first kappa shape index (κ1) is 18.2. The molecule has 2 amide bonds. The van der Waals surface area contributed by atoms with Gasteiger partial charge in [0.25, 0.3) is 0 Å². The van der Waals surface area contributed by atoms with Crippen LogP contribution < -0.4 is 10.2 Å². The van der Waals surface area contributed by atoms with Crippen molar-refractivity contribution in [3.05, 3.63) is 64.1 Å². The van der Waals surface area contributed by atoms with Crippen LogP contribution in [-0.2, 0) is 16.0 Å². The number of rotatable bonds is 6. The minimum Gasteiger partial charge on any atom is -0.354 e. The van der Waals surface area contributed by atoms with Gasteiger partial charge in [0.15, 0.2) is 0 Å². The van der Waals surface area contributed by atoms with Crippen molar-refractivity contribution in [2.45, 2.75) is 20.3 Å². The average Bonchev–Trinajstić information content (AvgIpc) is 2.54. The molecule has 0 atom stereocenters. The van der Waals surface area contributed by atoms with Gasteiger partial charge in [-0.3, -0.25) is 9.59 Å². The van der Waals surface area contributed by atoms with E-state index in [9.17, 15) is 9.59 Å². The summed E-state index contributed by atoms with van der Waals surface area (Å²) in [5, 5.41) is 2.88. The van der Waals surface area contributed by atoms with Crippen LogP contribution in [0.4, 0.5) is 5.69 Å². The van der Waals surface area contributed by atoms with E-state index >= 15 is 0 Å². The number of hydrogen-bond donors (Lipinski definition) is 1. The van der Waals surface area contributed by atoms with Crippen LogP contribution in [0, 0.1) is 6.92 Å². The minimum absolute atomic E-state index is 0.0376. The van der Waals surface area contributed by atoms with E-state index in [1.54, 1.807) is 4.90 Å². The molecule has 0 aliphatic carbocycles. The van der Waals surface area contributed by atoms with E-state index in [4.69, 9.17) is 0 Å². The van der Waals surface area contributed by atoms with Crippen molar-refractivity contribution in [3.8, 4) is 0 Å². The average molecular weight is 389 g/mol. The molecule has 0 aliphatic heterocycles. The molecule has 0 spiro atoms. The molecular weight excluding hydrogens is 368 g/mol. The molecule has 2 aromatic carbocycles. The maximum atomic E-state index is 12.1. The predicted octanol–water partition coefficient (Wildman–Crippen LogP) is 3.47. The monoisotopic (exact) mass is 388 g/mol. The number of anilines is 1. The van der Waals surface area contributed by atoms with Gasteiger partial charge in [-0.05, 0) is 30.2 Å². The van der Waals surface area contributed by atoms with Gasteiger partial charge in [-0.25, -0.2) is 0 Å². The molecular formula is C19H21BrN2O2. The number of carbonyl (C=O) groups excluding carboxylic acids is 2.